The lowest BCUT2D eigenvalue weighted by molar-refractivity contribution is 0.0687. The van der Waals surface area contributed by atoms with Gasteiger partial charge in [0.25, 0.3) is 0 Å². The molecule has 0 radical (unpaired) electrons. The van der Waals surface area contributed by atoms with Crippen LogP contribution in [0.25, 0.3) is 0 Å². The molecule has 0 bridgehead atoms. The number of nitrogens with zero attached hydrogens (tertiary/aromatic N) is 2. The predicted octanol–water partition coefficient (Wildman–Crippen LogP) is 2.82. The van der Waals surface area contributed by atoms with E-state index in [9.17, 15) is 14.0 Å². The van der Waals surface area contributed by atoms with Crippen LogP contribution in [0.1, 0.15) is 32.6 Å². The normalized spacial score (nSPS) is 10.4. The lowest BCUT2D eigenvalue weighted by Gasteiger charge is -2.15. The minimum Gasteiger partial charge on any atom is -0.476 e. The molecule has 0 unspecified atom stereocenters. The first kappa shape index (κ1) is 15.1. The Morgan fingerprint density at radius 1 is 1.38 bits per heavy atom. The number of carbonyl (C=O) groups excluding carboxylic acids is 1. The summed E-state index contributed by atoms with van der Waals surface area (Å²) in [6.45, 7) is 1.52. The van der Waals surface area contributed by atoms with Crippen LogP contribution in [-0.4, -0.2) is 28.9 Å². The van der Waals surface area contributed by atoms with Gasteiger partial charge in [-0.3, -0.25) is 4.79 Å². The monoisotopic (exact) mass is 308 g/mol. The first-order chi connectivity index (χ1) is 9.90. The summed E-state index contributed by atoms with van der Waals surface area (Å²) < 4.78 is 13.6. The number of anilines is 1. The third-order valence-corrected chi connectivity index (χ3v) is 4.10. The molecule has 0 spiro atoms. The van der Waals surface area contributed by atoms with Gasteiger partial charge in [-0.15, -0.1) is 0 Å². The van der Waals surface area contributed by atoms with E-state index in [4.69, 9.17) is 5.11 Å². The number of rotatable bonds is 5. The average Bonchev–Trinajstić information content (AvgIpc) is 2.87. The van der Waals surface area contributed by atoms with E-state index in [1.54, 1.807) is 30.1 Å². The number of ketones is 1. The van der Waals surface area contributed by atoms with Gasteiger partial charge >= 0.3 is 5.97 Å². The molecule has 21 heavy (non-hydrogen) atoms. The molecule has 2 aromatic rings. The fraction of sp³-hybridized carbons (Fsp3) is 0.214. The highest BCUT2D eigenvalue weighted by Crippen LogP contribution is 2.27. The molecule has 1 heterocycles. The van der Waals surface area contributed by atoms with E-state index >= 15 is 0 Å². The van der Waals surface area contributed by atoms with Crippen LogP contribution >= 0.6 is 11.3 Å². The van der Waals surface area contributed by atoms with Crippen molar-refractivity contribution >= 4 is 28.2 Å². The molecule has 1 N–H and O–H groups in total. The Hall–Kier alpha value is -2.28. The van der Waals surface area contributed by atoms with Crippen molar-refractivity contribution in [2.24, 2.45) is 0 Å². The van der Waals surface area contributed by atoms with Crippen LogP contribution in [0.4, 0.5) is 9.52 Å². The summed E-state index contributed by atoms with van der Waals surface area (Å²) in [7, 11) is 1.67. The molecule has 0 atom stereocenters. The van der Waals surface area contributed by atoms with Crippen molar-refractivity contribution in [3.8, 4) is 0 Å². The van der Waals surface area contributed by atoms with Crippen LogP contribution in [0.15, 0.2) is 24.3 Å². The maximum atomic E-state index is 13.6. The van der Waals surface area contributed by atoms with Crippen LogP contribution in [0, 0.1) is 5.82 Å². The minimum absolute atomic E-state index is 0.0953. The number of carboxylic acid groups (broad SMARTS) is 1. The lowest BCUT2D eigenvalue weighted by Crippen LogP contribution is -2.17. The number of aromatic nitrogens is 1. The zero-order valence-corrected chi connectivity index (χ0v) is 12.3. The molecule has 7 heteroatoms. The molecule has 0 aliphatic rings. The van der Waals surface area contributed by atoms with Crippen molar-refractivity contribution in [2.75, 3.05) is 11.9 Å². The molecule has 0 aliphatic carbocycles. The van der Waals surface area contributed by atoms with Gasteiger partial charge in [0, 0.05) is 26.1 Å². The summed E-state index contributed by atoms with van der Waals surface area (Å²) >= 11 is 0.991. The van der Waals surface area contributed by atoms with Crippen LogP contribution in [0.2, 0.25) is 0 Å². The Kier molecular flexibility index (Phi) is 4.32. The summed E-state index contributed by atoms with van der Waals surface area (Å²) in [4.78, 5) is 28.2. The van der Waals surface area contributed by atoms with Crippen LogP contribution in [-0.2, 0) is 6.54 Å². The van der Waals surface area contributed by atoms with Gasteiger partial charge in [-0.05, 0) is 6.07 Å². The first-order valence-corrected chi connectivity index (χ1v) is 6.91. The number of hydrogen-bond donors (Lipinski definition) is 1. The second-order valence-electron chi connectivity index (χ2n) is 4.48. The molecular weight excluding hydrogens is 295 g/mol. The maximum Gasteiger partial charge on any atom is 0.356 e. The van der Waals surface area contributed by atoms with E-state index in [1.807, 2.05) is 0 Å². The largest absolute Gasteiger partial charge is 0.476 e. The number of halogens is 1. The molecule has 0 saturated carbocycles. The molecule has 110 valence electrons. The molecule has 1 aromatic carbocycles. The summed E-state index contributed by atoms with van der Waals surface area (Å²) in [5.74, 6) is -1.94. The highest BCUT2D eigenvalue weighted by Gasteiger charge is 2.22. The number of aromatic carboxylic acids is 1. The second-order valence-corrected chi connectivity index (χ2v) is 5.46. The minimum atomic E-state index is -1.25. The molecule has 0 saturated heterocycles. The molecule has 5 nitrogen and oxygen atoms in total. The Balaban J connectivity index is 2.30. The van der Waals surface area contributed by atoms with Crippen LogP contribution in [0.5, 0.6) is 0 Å². The molecule has 0 amide bonds. The van der Waals surface area contributed by atoms with E-state index in [0.717, 1.165) is 11.3 Å². The summed E-state index contributed by atoms with van der Waals surface area (Å²) in [5.41, 5.74) is 0.208. The standard InChI is InChI=1S/C14H13FN2O3S/c1-8(18)12-11(13(19)20)16-14(21-12)17(2)7-9-5-3-4-6-10(9)15/h3-6H,7H2,1-2H3,(H,19,20). The number of benzene rings is 1. The third-order valence-electron chi connectivity index (χ3n) is 2.83. The van der Waals surface area contributed by atoms with Crippen molar-refractivity contribution in [1.29, 1.82) is 0 Å². The Labute approximate surface area is 124 Å². The van der Waals surface area contributed by atoms with Crippen LogP contribution < -0.4 is 4.90 Å². The van der Waals surface area contributed by atoms with Gasteiger partial charge in [-0.2, -0.15) is 0 Å². The van der Waals surface area contributed by atoms with Gasteiger partial charge in [-0.1, -0.05) is 29.5 Å². The van der Waals surface area contributed by atoms with E-state index in [0.29, 0.717) is 10.7 Å². The molecule has 0 aliphatic heterocycles. The molecule has 2 rings (SSSR count). The van der Waals surface area contributed by atoms with Crippen molar-refractivity contribution in [2.45, 2.75) is 13.5 Å². The van der Waals surface area contributed by atoms with Gasteiger partial charge in [0.2, 0.25) is 0 Å². The SMILES string of the molecule is CC(=O)c1sc(N(C)Cc2ccccc2F)nc1C(=O)O. The van der Waals surface area contributed by atoms with Crippen LogP contribution in [0.3, 0.4) is 0 Å². The van der Waals surface area contributed by atoms with E-state index in [2.05, 4.69) is 4.98 Å². The summed E-state index contributed by atoms with van der Waals surface area (Å²) in [5, 5.41) is 9.42. The third kappa shape index (κ3) is 3.25. The smallest absolute Gasteiger partial charge is 0.356 e. The Morgan fingerprint density at radius 3 is 2.57 bits per heavy atom. The molecule has 0 fully saturated rings. The summed E-state index contributed by atoms with van der Waals surface area (Å²) in [6, 6.07) is 6.31. The van der Waals surface area contributed by atoms with Gasteiger partial charge in [0.1, 0.15) is 10.7 Å². The van der Waals surface area contributed by atoms with E-state index < -0.39 is 5.97 Å². The average molecular weight is 308 g/mol. The zero-order valence-electron chi connectivity index (χ0n) is 11.5. The Morgan fingerprint density at radius 2 is 2.05 bits per heavy atom. The fourth-order valence-electron chi connectivity index (χ4n) is 1.81. The van der Waals surface area contributed by atoms with E-state index in [-0.39, 0.29) is 28.7 Å². The first-order valence-electron chi connectivity index (χ1n) is 6.09. The zero-order chi connectivity index (χ0) is 15.6. The number of thiazole rings is 1. The maximum absolute atomic E-state index is 13.6. The molecular formula is C14H13FN2O3S. The number of carbonyl (C=O) groups is 2. The number of carboxylic acids is 1. The van der Waals surface area contributed by atoms with E-state index in [1.165, 1.54) is 13.0 Å². The van der Waals surface area contributed by atoms with Gasteiger partial charge < -0.3 is 10.0 Å². The fourth-order valence-corrected chi connectivity index (χ4v) is 2.72. The highest BCUT2D eigenvalue weighted by molar-refractivity contribution is 7.17. The quantitative estimate of drug-likeness (QED) is 0.860. The van der Waals surface area contributed by atoms with Crippen molar-refractivity contribution in [3.63, 3.8) is 0 Å². The van der Waals surface area contributed by atoms with Gasteiger partial charge in [0.05, 0.1) is 0 Å². The highest BCUT2D eigenvalue weighted by atomic mass is 32.1. The predicted molar refractivity (Wildman–Crippen MR) is 77.6 cm³/mol. The van der Waals surface area contributed by atoms with Crippen molar-refractivity contribution < 1.29 is 19.1 Å². The van der Waals surface area contributed by atoms with Crippen molar-refractivity contribution in [3.05, 3.63) is 46.2 Å². The van der Waals surface area contributed by atoms with Gasteiger partial charge in [-0.25, -0.2) is 14.2 Å². The lowest BCUT2D eigenvalue weighted by atomic mass is 10.2. The second kappa shape index (κ2) is 6.01. The topological polar surface area (TPSA) is 70.5 Å². The molecule has 1 aromatic heterocycles. The number of hydrogen-bond acceptors (Lipinski definition) is 5. The Bertz CT molecular complexity index is 668. The van der Waals surface area contributed by atoms with Gasteiger partial charge in [0.15, 0.2) is 16.6 Å². The summed E-state index contributed by atoms with van der Waals surface area (Å²) in [6.07, 6.45) is 0. The number of Topliss-reactive ketones (excluding diaryl/α,β-unsaturated/α-hetero) is 1. The van der Waals surface area contributed by atoms with Crippen molar-refractivity contribution in [1.82, 2.24) is 4.98 Å².